The first-order valence-electron chi connectivity index (χ1n) is 22.6. The summed E-state index contributed by atoms with van der Waals surface area (Å²) in [6, 6.07) is 63.5. The van der Waals surface area contributed by atoms with Gasteiger partial charge in [-0.1, -0.05) is 161 Å². The van der Waals surface area contributed by atoms with Crippen molar-refractivity contribution >= 4 is 89.7 Å². The van der Waals surface area contributed by atoms with Crippen molar-refractivity contribution in [3.63, 3.8) is 0 Å². The van der Waals surface area contributed by atoms with Gasteiger partial charge in [-0.25, -0.2) is 0 Å². The van der Waals surface area contributed by atoms with E-state index in [9.17, 15) is 0 Å². The molecule has 0 spiro atoms. The van der Waals surface area contributed by atoms with Gasteiger partial charge in [0.1, 0.15) is 5.58 Å². The van der Waals surface area contributed by atoms with Crippen LogP contribution in [-0.2, 0) is 10.8 Å². The van der Waals surface area contributed by atoms with Crippen molar-refractivity contribution in [1.82, 2.24) is 0 Å². The molecular weight excluding hydrogens is 763 g/mol. The molecule has 63 heavy (non-hydrogen) atoms. The average Bonchev–Trinajstić information content (AvgIpc) is 3.69. The van der Waals surface area contributed by atoms with Crippen LogP contribution in [0, 0.1) is 6.92 Å². The summed E-state index contributed by atoms with van der Waals surface area (Å²) in [7, 11) is 0. The van der Waals surface area contributed by atoms with E-state index in [2.05, 4.69) is 214 Å². The summed E-state index contributed by atoms with van der Waals surface area (Å²) in [6.45, 7) is 11.9. The minimum absolute atomic E-state index is 0.0331. The molecule has 302 valence electrons. The van der Waals surface area contributed by atoms with Gasteiger partial charge in [0.15, 0.2) is 5.58 Å². The quantitative estimate of drug-likeness (QED) is 0.166. The lowest BCUT2D eigenvalue weighted by molar-refractivity contribution is 0.332. The number of benzene rings is 9. The molecule has 10 aromatic rings. The van der Waals surface area contributed by atoms with Crippen molar-refractivity contribution < 1.29 is 4.42 Å². The number of hydrogen-bond acceptors (Lipinski definition) is 3. The minimum Gasteiger partial charge on any atom is -0.454 e. The summed E-state index contributed by atoms with van der Waals surface area (Å²) in [5, 5.41) is 7.21. The summed E-state index contributed by atoms with van der Waals surface area (Å²) in [6.07, 6.45) is 2.32. The third kappa shape index (κ3) is 5.21. The van der Waals surface area contributed by atoms with E-state index in [1.54, 1.807) is 0 Å². The van der Waals surface area contributed by atoms with Crippen LogP contribution in [0.2, 0.25) is 0 Å². The van der Waals surface area contributed by atoms with Crippen LogP contribution in [0.15, 0.2) is 174 Å². The van der Waals surface area contributed by atoms with Crippen molar-refractivity contribution in [3.05, 3.63) is 187 Å². The second-order valence-corrected chi connectivity index (χ2v) is 19.6. The van der Waals surface area contributed by atoms with Gasteiger partial charge in [-0.15, -0.1) is 0 Å². The first-order chi connectivity index (χ1) is 30.6. The van der Waals surface area contributed by atoms with E-state index in [4.69, 9.17) is 4.42 Å². The predicted octanol–water partition coefficient (Wildman–Crippen LogP) is 14.9. The van der Waals surface area contributed by atoms with Gasteiger partial charge in [-0.05, 0) is 127 Å². The predicted molar refractivity (Wildman–Crippen MR) is 268 cm³/mol. The first kappa shape index (κ1) is 36.6. The zero-order valence-electron chi connectivity index (χ0n) is 36.5. The van der Waals surface area contributed by atoms with Crippen molar-refractivity contribution in [2.45, 2.75) is 58.3 Å². The minimum atomic E-state index is -0.169. The average molecular weight is 811 g/mol. The maximum atomic E-state index is 7.21. The number of nitrogens with zero attached hydrogens (tertiary/aromatic N) is 2. The molecule has 4 heteroatoms. The second kappa shape index (κ2) is 13.0. The van der Waals surface area contributed by atoms with Gasteiger partial charge in [0.05, 0.1) is 5.69 Å². The smallest absolute Gasteiger partial charge is 0.333 e. The summed E-state index contributed by atoms with van der Waals surface area (Å²) in [4.78, 5) is 5.26. The standard InChI is InChI=1S/C59H47BN2O/c1-36-31-48-49(59(4,5)30-29-58(48,2)3)35-51(36)61-52-33-41-19-10-9-18-40(41)32-50(52)60-54-46(34-47-44-21-13-14-22-53(44)63-57(47)56(54)61)45-28-25-39-17-11-12-20-43(39)55(45)62(60)42-26-23-38(24-27-42)37-15-7-6-8-16-37/h6-28,31-35H,29-30H2,1-5H3. The van der Waals surface area contributed by atoms with Crippen molar-refractivity contribution in [3.8, 4) is 22.3 Å². The molecule has 0 amide bonds. The molecule has 0 saturated carbocycles. The fourth-order valence-corrected chi connectivity index (χ4v) is 11.6. The van der Waals surface area contributed by atoms with Crippen LogP contribution >= 0.6 is 0 Å². The van der Waals surface area contributed by atoms with E-state index in [0.29, 0.717) is 0 Å². The molecule has 0 fully saturated rings. The van der Waals surface area contributed by atoms with Crippen LogP contribution in [0.5, 0.6) is 0 Å². The molecule has 0 saturated heterocycles. The highest BCUT2D eigenvalue weighted by atomic mass is 16.3. The number of rotatable bonds is 3. The molecule has 1 aliphatic carbocycles. The van der Waals surface area contributed by atoms with Crippen LogP contribution in [0.1, 0.15) is 57.2 Å². The van der Waals surface area contributed by atoms with Gasteiger partial charge in [0.25, 0.3) is 0 Å². The Balaban J connectivity index is 1.20. The zero-order chi connectivity index (χ0) is 42.4. The number of hydrogen-bond donors (Lipinski definition) is 0. The maximum absolute atomic E-state index is 7.21. The monoisotopic (exact) mass is 810 g/mol. The van der Waals surface area contributed by atoms with Crippen LogP contribution in [0.25, 0.3) is 65.7 Å². The molecule has 13 rings (SSSR count). The lowest BCUT2D eigenvalue weighted by atomic mass is 9.43. The molecule has 0 radical (unpaired) electrons. The molecule has 3 nitrogen and oxygen atoms in total. The Morgan fingerprint density at radius 3 is 1.90 bits per heavy atom. The molecule has 0 bridgehead atoms. The van der Waals surface area contributed by atoms with Crippen LogP contribution in [0.3, 0.4) is 0 Å². The van der Waals surface area contributed by atoms with Crippen molar-refractivity contribution in [2.75, 3.05) is 9.71 Å². The zero-order valence-corrected chi connectivity index (χ0v) is 36.5. The maximum Gasteiger partial charge on any atom is 0.333 e. The highest BCUT2D eigenvalue weighted by molar-refractivity contribution is 6.94. The molecule has 0 N–H and O–H groups in total. The molecule has 9 aromatic carbocycles. The summed E-state index contributed by atoms with van der Waals surface area (Å²) >= 11 is 0. The van der Waals surface area contributed by atoms with E-state index >= 15 is 0 Å². The Labute approximate surface area is 369 Å². The van der Waals surface area contributed by atoms with E-state index in [0.717, 1.165) is 39.7 Å². The largest absolute Gasteiger partial charge is 0.454 e. The number of anilines is 5. The molecular formula is C59H47BN2O. The summed E-state index contributed by atoms with van der Waals surface area (Å²) in [5.74, 6) is 0. The lowest BCUT2D eigenvalue weighted by Crippen LogP contribution is -2.61. The molecule has 2 aliphatic heterocycles. The van der Waals surface area contributed by atoms with Gasteiger partial charge in [0, 0.05) is 44.5 Å². The van der Waals surface area contributed by atoms with Crippen LogP contribution in [0.4, 0.5) is 28.4 Å². The van der Waals surface area contributed by atoms with Crippen molar-refractivity contribution in [2.24, 2.45) is 0 Å². The molecule has 3 heterocycles. The Morgan fingerprint density at radius 2 is 1.14 bits per heavy atom. The van der Waals surface area contributed by atoms with E-state index < -0.39 is 0 Å². The van der Waals surface area contributed by atoms with Crippen LogP contribution in [-0.4, -0.2) is 6.85 Å². The van der Waals surface area contributed by atoms with Gasteiger partial charge in [-0.2, -0.15) is 0 Å². The number of para-hydroxylation sites is 1. The first-order valence-corrected chi connectivity index (χ1v) is 22.6. The Hall–Kier alpha value is -7.04. The Morgan fingerprint density at radius 1 is 0.508 bits per heavy atom. The van der Waals surface area contributed by atoms with E-state index in [1.807, 2.05) is 0 Å². The number of fused-ring (bicyclic) bond motifs is 12. The molecule has 3 aliphatic rings. The van der Waals surface area contributed by atoms with Gasteiger partial charge in [0.2, 0.25) is 0 Å². The highest BCUT2D eigenvalue weighted by Gasteiger charge is 2.48. The molecule has 0 atom stereocenters. The summed E-state index contributed by atoms with van der Waals surface area (Å²) in [5.41, 5.74) is 19.5. The topological polar surface area (TPSA) is 19.6 Å². The number of furan rings is 1. The van der Waals surface area contributed by atoms with Gasteiger partial charge >= 0.3 is 6.85 Å². The van der Waals surface area contributed by atoms with Crippen LogP contribution < -0.4 is 20.6 Å². The van der Waals surface area contributed by atoms with E-state index in [1.165, 1.54) is 94.9 Å². The third-order valence-electron chi connectivity index (χ3n) is 15.0. The fraction of sp³-hybridized carbons (Fsp3) is 0.153. The normalized spacial score (nSPS) is 15.7. The van der Waals surface area contributed by atoms with Gasteiger partial charge in [-0.3, -0.25) is 0 Å². The Kier molecular flexibility index (Phi) is 7.55. The Bertz CT molecular complexity index is 3540. The third-order valence-corrected chi connectivity index (χ3v) is 15.0. The lowest BCUT2D eigenvalue weighted by Gasteiger charge is -2.47. The second-order valence-electron chi connectivity index (χ2n) is 19.6. The highest BCUT2D eigenvalue weighted by Crippen LogP contribution is 2.55. The summed E-state index contributed by atoms with van der Waals surface area (Å²) < 4.78 is 7.21. The van der Waals surface area contributed by atoms with Gasteiger partial charge < -0.3 is 14.1 Å². The molecule has 1 aromatic heterocycles. The SMILES string of the molecule is Cc1cc2c(cc1N1c3cc4ccccc4cc3B3c4c(cc5c(oc6ccccc65)c41)-c1ccc4ccccc4c1N3c1ccc(-c3ccccc3)cc1)C(C)(C)CCC2(C)C. The number of aryl methyl sites for hydroxylation is 1. The van der Waals surface area contributed by atoms with E-state index in [-0.39, 0.29) is 17.7 Å². The molecule has 0 unspecified atom stereocenters. The van der Waals surface area contributed by atoms with Crippen molar-refractivity contribution in [1.29, 1.82) is 0 Å². The fourth-order valence-electron chi connectivity index (χ4n) is 11.6.